The molecule has 12 nitrogen and oxygen atoms in total. The highest BCUT2D eigenvalue weighted by molar-refractivity contribution is 9.10. The fraction of sp³-hybridized carbons (Fsp3) is 0.448. The predicted molar refractivity (Wildman–Crippen MR) is 154 cm³/mol. The van der Waals surface area contributed by atoms with Gasteiger partial charge in [-0.15, -0.1) is 5.10 Å². The van der Waals surface area contributed by atoms with Crippen LogP contribution in [0.25, 0.3) is 11.3 Å². The molecule has 1 aliphatic carbocycles. The van der Waals surface area contributed by atoms with Crippen molar-refractivity contribution in [2.24, 2.45) is 0 Å². The molecule has 44 heavy (non-hydrogen) atoms. The van der Waals surface area contributed by atoms with E-state index in [4.69, 9.17) is 14.2 Å². The fourth-order valence-electron chi connectivity index (χ4n) is 5.89. The second-order valence-corrected chi connectivity index (χ2v) is 11.5. The maximum atomic E-state index is 14.4. The zero-order valence-corrected chi connectivity index (χ0v) is 25.3. The first-order valence-electron chi connectivity index (χ1n) is 13.8. The van der Waals surface area contributed by atoms with E-state index in [2.05, 4.69) is 32.3 Å². The van der Waals surface area contributed by atoms with Gasteiger partial charge in [-0.1, -0.05) is 21.1 Å². The Kier molecular flexibility index (Phi) is 9.59. The van der Waals surface area contributed by atoms with Gasteiger partial charge in [0, 0.05) is 22.8 Å². The average Bonchev–Trinajstić information content (AvgIpc) is 3.67. The van der Waals surface area contributed by atoms with E-state index >= 15 is 0 Å². The standard InChI is InChI=1S/C29H30BrF2N5O7/c1-42-22-9-15(8-18(31)24(22)32)19-12-36(35-34-19)25-26(40)23(13-38)44-28(27(25)43-2)29(41)37(20-4-3-5-21(20)39)17-7-14(11-33)6-16(30)10-17/h6-10,12,20-21,23,25-28,38-40H,3-5,13H2,1-2H3/t20-,21-,23?,25?,26?,27?,28?/m0/s1. The second-order valence-electron chi connectivity index (χ2n) is 10.6. The van der Waals surface area contributed by atoms with Crippen molar-refractivity contribution in [3.8, 4) is 23.1 Å². The van der Waals surface area contributed by atoms with Crippen molar-refractivity contribution in [2.75, 3.05) is 25.7 Å². The van der Waals surface area contributed by atoms with Crippen molar-refractivity contribution < 1.29 is 43.1 Å². The number of methoxy groups -OCH3 is 2. The number of nitriles is 1. The molecule has 2 fully saturated rings. The Morgan fingerprint density at radius 3 is 2.64 bits per heavy atom. The molecule has 15 heteroatoms. The van der Waals surface area contributed by atoms with Crippen molar-refractivity contribution in [2.45, 2.75) is 61.9 Å². The van der Waals surface area contributed by atoms with E-state index in [0.717, 1.165) is 6.07 Å². The Bertz CT molecular complexity index is 1570. The number of carbonyl (C=O) groups is 1. The molecule has 3 N–H and O–H groups in total. The third-order valence-corrected chi connectivity index (χ3v) is 8.47. The van der Waals surface area contributed by atoms with E-state index < -0.39 is 66.8 Å². The number of benzene rings is 2. The van der Waals surface area contributed by atoms with Crippen molar-refractivity contribution in [1.29, 1.82) is 5.26 Å². The number of halogens is 3. The van der Waals surface area contributed by atoms with Crippen LogP contribution in [0, 0.1) is 23.0 Å². The lowest BCUT2D eigenvalue weighted by Gasteiger charge is -2.45. The molecule has 0 spiro atoms. The number of hydrogen-bond acceptors (Lipinski definition) is 10. The summed E-state index contributed by atoms with van der Waals surface area (Å²) >= 11 is 3.38. The third-order valence-electron chi connectivity index (χ3n) is 8.01. The highest BCUT2D eigenvalue weighted by Gasteiger charge is 2.52. The summed E-state index contributed by atoms with van der Waals surface area (Å²) in [5.74, 6) is -3.31. The highest BCUT2D eigenvalue weighted by atomic mass is 79.9. The van der Waals surface area contributed by atoms with Crippen LogP contribution in [-0.4, -0.2) is 93.6 Å². The van der Waals surface area contributed by atoms with Crippen LogP contribution in [0.1, 0.15) is 30.9 Å². The lowest BCUT2D eigenvalue weighted by molar-refractivity contribution is -0.211. The quantitative estimate of drug-likeness (QED) is 0.323. The van der Waals surface area contributed by atoms with Gasteiger partial charge in [-0.3, -0.25) is 4.79 Å². The lowest BCUT2D eigenvalue weighted by Crippen LogP contribution is -2.62. The number of aliphatic hydroxyl groups excluding tert-OH is 3. The van der Waals surface area contributed by atoms with Gasteiger partial charge in [-0.05, 0) is 49.6 Å². The number of carbonyl (C=O) groups excluding carboxylic acids is 1. The van der Waals surface area contributed by atoms with Gasteiger partial charge in [0.15, 0.2) is 17.7 Å². The Hall–Kier alpha value is -3.52. The minimum absolute atomic E-state index is 0.105. The van der Waals surface area contributed by atoms with Crippen LogP contribution < -0.4 is 9.64 Å². The Balaban J connectivity index is 1.55. The van der Waals surface area contributed by atoms with Gasteiger partial charge in [0.25, 0.3) is 5.91 Å². The number of ether oxygens (including phenoxy) is 3. The van der Waals surface area contributed by atoms with E-state index in [1.807, 2.05) is 0 Å². The molecule has 1 amide bonds. The van der Waals surface area contributed by atoms with E-state index in [0.29, 0.717) is 29.4 Å². The van der Waals surface area contributed by atoms with Gasteiger partial charge in [0.1, 0.15) is 30.0 Å². The molecule has 1 saturated heterocycles. The Labute approximate surface area is 259 Å². The maximum Gasteiger partial charge on any atom is 0.259 e. The molecule has 7 atom stereocenters. The van der Waals surface area contributed by atoms with E-state index in [-0.39, 0.29) is 22.6 Å². The molecule has 234 valence electrons. The summed E-state index contributed by atoms with van der Waals surface area (Å²) in [5, 5.41) is 49.9. The molecule has 2 heterocycles. The van der Waals surface area contributed by atoms with Crippen molar-refractivity contribution >= 4 is 27.5 Å². The molecule has 2 aromatic carbocycles. The minimum Gasteiger partial charge on any atom is -0.494 e. The normalized spacial score (nSPS) is 26.8. The Morgan fingerprint density at radius 2 is 2.00 bits per heavy atom. The number of aliphatic hydroxyl groups is 3. The molecule has 2 aliphatic rings. The van der Waals surface area contributed by atoms with Crippen molar-refractivity contribution in [3.63, 3.8) is 0 Å². The topological polar surface area (TPSA) is 163 Å². The Morgan fingerprint density at radius 1 is 1.23 bits per heavy atom. The lowest BCUT2D eigenvalue weighted by atomic mass is 9.91. The van der Waals surface area contributed by atoms with Crippen LogP contribution in [0.4, 0.5) is 14.5 Å². The van der Waals surface area contributed by atoms with Gasteiger partial charge in [0.05, 0.1) is 43.7 Å². The summed E-state index contributed by atoms with van der Waals surface area (Å²) in [6, 6.07) is 7.18. The smallest absolute Gasteiger partial charge is 0.259 e. The number of amides is 1. The number of nitrogens with zero attached hydrogens (tertiary/aromatic N) is 5. The summed E-state index contributed by atoms with van der Waals surface area (Å²) in [7, 11) is 2.50. The molecular weight excluding hydrogens is 648 g/mol. The van der Waals surface area contributed by atoms with Crippen LogP contribution in [0.5, 0.6) is 5.75 Å². The summed E-state index contributed by atoms with van der Waals surface area (Å²) in [4.78, 5) is 15.8. The number of anilines is 1. The van der Waals surface area contributed by atoms with Gasteiger partial charge < -0.3 is 34.4 Å². The molecule has 3 aromatic rings. The third kappa shape index (κ3) is 5.93. The molecule has 1 aliphatic heterocycles. The fourth-order valence-corrected chi connectivity index (χ4v) is 6.37. The average molecular weight is 678 g/mol. The molecule has 5 rings (SSSR count). The minimum atomic E-state index is -1.44. The molecular formula is C29H30BrF2N5O7. The molecule has 5 unspecified atom stereocenters. The van der Waals surface area contributed by atoms with Gasteiger partial charge in [0.2, 0.25) is 5.82 Å². The van der Waals surface area contributed by atoms with Crippen LogP contribution in [-0.2, 0) is 14.3 Å². The van der Waals surface area contributed by atoms with Crippen LogP contribution in [0.15, 0.2) is 41.0 Å². The number of aromatic nitrogens is 3. The maximum absolute atomic E-state index is 14.4. The molecule has 0 radical (unpaired) electrons. The molecule has 1 aromatic heterocycles. The number of rotatable bonds is 8. The zero-order valence-electron chi connectivity index (χ0n) is 23.7. The first-order chi connectivity index (χ1) is 21.1. The van der Waals surface area contributed by atoms with E-state index in [9.17, 15) is 34.2 Å². The SMILES string of the molecule is COc1cc(-c2cn(C3C(O)C(CO)OC(C(=O)N(c4cc(Br)cc(C#N)c4)[C@H]4CCC[C@@H]4O)C3OC)nn2)cc(F)c1F. The summed E-state index contributed by atoms with van der Waals surface area (Å²) in [6.45, 7) is -0.665. The monoisotopic (exact) mass is 677 g/mol. The highest BCUT2D eigenvalue weighted by Crippen LogP contribution is 2.38. The summed E-state index contributed by atoms with van der Waals surface area (Å²) in [5.41, 5.74) is 0.855. The van der Waals surface area contributed by atoms with Crippen LogP contribution >= 0.6 is 15.9 Å². The molecule has 0 bridgehead atoms. The van der Waals surface area contributed by atoms with Crippen LogP contribution in [0.2, 0.25) is 0 Å². The predicted octanol–water partition coefficient (Wildman–Crippen LogP) is 2.49. The first kappa shape index (κ1) is 31.9. The van der Waals surface area contributed by atoms with Crippen LogP contribution in [0.3, 0.4) is 0 Å². The van der Waals surface area contributed by atoms with Gasteiger partial charge >= 0.3 is 0 Å². The van der Waals surface area contributed by atoms with Crippen molar-refractivity contribution in [3.05, 3.63) is 58.2 Å². The van der Waals surface area contributed by atoms with E-state index in [1.54, 1.807) is 12.1 Å². The van der Waals surface area contributed by atoms with Gasteiger partial charge in [-0.2, -0.15) is 9.65 Å². The van der Waals surface area contributed by atoms with E-state index in [1.165, 1.54) is 42.1 Å². The second kappa shape index (κ2) is 13.2. The largest absolute Gasteiger partial charge is 0.494 e. The number of hydrogen-bond donors (Lipinski definition) is 3. The van der Waals surface area contributed by atoms with Gasteiger partial charge in [-0.25, -0.2) is 9.07 Å². The molecule has 1 saturated carbocycles. The summed E-state index contributed by atoms with van der Waals surface area (Å²) in [6.07, 6.45) is -3.21. The first-order valence-corrected chi connectivity index (χ1v) is 14.5. The zero-order chi connectivity index (χ0) is 31.7. The summed E-state index contributed by atoms with van der Waals surface area (Å²) < 4.78 is 46.6. The van der Waals surface area contributed by atoms with Crippen molar-refractivity contribution in [1.82, 2.24) is 15.0 Å².